The smallest absolute Gasteiger partial charge is 0.257 e. The van der Waals surface area contributed by atoms with Crippen LogP contribution in [0.4, 0.5) is 11.6 Å². The quantitative estimate of drug-likeness (QED) is 0.568. The molecule has 0 aliphatic carbocycles. The lowest BCUT2D eigenvalue weighted by atomic mass is 10.1. The maximum absolute atomic E-state index is 12.8. The molecular weight excluding hydrogens is 366 g/mol. The highest BCUT2D eigenvalue weighted by atomic mass is 16.3. The summed E-state index contributed by atoms with van der Waals surface area (Å²) in [7, 11) is 0. The zero-order chi connectivity index (χ0) is 19.6. The van der Waals surface area contributed by atoms with Crippen LogP contribution in [0.3, 0.4) is 0 Å². The van der Waals surface area contributed by atoms with Gasteiger partial charge in [0, 0.05) is 42.0 Å². The molecule has 0 bridgehead atoms. The Bertz CT molecular complexity index is 1170. The Balaban J connectivity index is 1.39. The van der Waals surface area contributed by atoms with E-state index in [2.05, 4.69) is 25.2 Å². The number of oxazole rings is 1. The Labute approximate surface area is 167 Å². The van der Waals surface area contributed by atoms with E-state index in [1.807, 2.05) is 30.3 Å². The van der Waals surface area contributed by atoms with E-state index in [-0.39, 0.29) is 5.91 Å². The molecule has 7 nitrogen and oxygen atoms in total. The van der Waals surface area contributed by atoms with Crippen molar-refractivity contribution in [3.05, 3.63) is 66.9 Å². The highest BCUT2D eigenvalue weighted by Crippen LogP contribution is 2.25. The van der Waals surface area contributed by atoms with Crippen LogP contribution in [0.5, 0.6) is 0 Å². The third-order valence-corrected chi connectivity index (χ3v) is 5.12. The van der Waals surface area contributed by atoms with Crippen LogP contribution < -0.4 is 10.2 Å². The Hall–Kier alpha value is -3.74. The summed E-state index contributed by atoms with van der Waals surface area (Å²) in [5.41, 5.74) is 1.49. The molecule has 0 unspecified atom stereocenters. The van der Waals surface area contributed by atoms with Crippen molar-refractivity contribution in [1.29, 1.82) is 0 Å². The predicted molar refractivity (Wildman–Crippen MR) is 111 cm³/mol. The topological polar surface area (TPSA) is 84.2 Å². The number of nitrogens with zero attached hydrogens (tertiary/aromatic N) is 4. The van der Waals surface area contributed by atoms with Gasteiger partial charge in [0.25, 0.3) is 5.91 Å². The molecule has 1 aromatic carbocycles. The van der Waals surface area contributed by atoms with Gasteiger partial charge in [0.15, 0.2) is 12.2 Å². The number of hydrogen-bond acceptors (Lipinski definition) is 6. The molecule has 1 aliphatic rings. The predicted octanol–water partition coefficient (Wildman–Crippen LogP) is 4.14. The second kappa shape index (κ2) is 7.35. The third-order valence-electron chi connectivity index (χ3n) is 5.12. The average Bonchev–Trinajstić information content (AvgIpc) is 3.47. The van der Waals surface area contributed by atoms with Crippen LogP contribution >= 0.6 is 0 Å². The first-order valence-corrected chi connectivity index (χ1v) is 9.57. The average molecular weight is 385 g/mol. The highest BCUT2D eigenvalue weighted by Gasteiger charge is 2.16. The summed E-state index contributed by atoms with van der Waals surface area (Å²) in [6.07, 6.45) is 8.83. The summed E-state index contributed by atoms with van der Waals surface area (Å²) >= 11 is 0. The molecule has 4 heterocycles. The van der Waals surface area contributed by atoms with Crippen LogP contribution in [0.25, 0.3) is 22.1 Å². The second-order valence-electron chi connectivity index (χ2n) is 7.05. The third kappa shape index (κ3) is 3.54. The van der Waals surface area contributed by atoms with Crippen LogP contribution in [-0.2, 0) is 0 Å². The molecule has 4 aromatic rings. The van der Waals surface area contributed by atoms with E-state index >= 15 is 0 Å². The van der Waals surface area contributed by atoms with E-state index in [4.69, 9.17) is 4.42 Å². The minimum absolute atomic E-state index is 0.203. The highest BCUT2D eigenvalue weighted by molar-refractivity contribution is 6.05. The van der Waals surface area contributed by atoms with Gasteiger partial charge in [-0.2, -0.15) is 0 Å². The molecule has 1 saturated heterocycles. The van der Waals surface area contributed by atoms with E-state index in [9.17, 15) is 4.79 Å². The van der Waals surface area contributed by atoms with Gasteiger partial charge in [-0.15, -0.1) is 0 Å². The van der Waals surface area contributed by atoms with Crippen LogP contribution in [0, 0.1) is 0 Å². The summed E-state index contributed by atoms with van der Waals surface area (Å²) < 4.78 is 5.37. The fourth-order valence-corrected chi connectivity index (χ4v) is 3.59. The van der Waals surface area contributed by atoms with Gasteiger partial charge in [-0.25, -0.2) is 15.0 Å². The summed E-state index contributed by atoms with van der Waals surface area (Å²) in [5, 5.41) is 4.82. The van der Waals surface area contributed by atoms with Crippen molar-refractivity contribution >= 4 is 28.3 Å². The number of rotatable bonds is 4. The van der Waals surface area contributed by atoms with Crippen molar-refractivity contribution in [3.63, 3.8) is 0 Å². The van der Waals surface area contributed by atoms with E-state index in [1.165, 1.54) is 6.39 Å². The number of fused-ring (bicyclic) bond motifs is 1. The molecule has 0 radical (unpaired) electrons. The van der Waals surface area contributed by atoms with Crippen molar-refractivity contribution < 1.29 is 9.21 Å². The number of carbonyl (C=O) groups excluding carboxylic acids is 1. The number of hydrogen-bond donors (Lipinski definition) is 1. The fourth-order valence-electron chi connectivity index (χ4n) is 3.59. The van der Waals surface area contributed by atoms with E-state index in [0.29, 0.717) is 17.1 Å². The minimum atomic E-state index is -0.203. The van der Waals surface area contributed by atoms with Gasteiger partial charge < -0.3 is 14.6 Å². The molecule has 3 aromatic heterocycles. The van der Waals surface area contributed by atoms with Crippen LogP contribution in [0.15, 0.2) is 65.8 Å². The van der Waals surface area contributed by atoms with Gasteiger partial charge in [-0.1, -0.05) is 12.1 Å². The van der Waals surface area contributed by atoms with Gasteiger partial charge in [-0.05, 0) is 42.5 Å². The number of pyridine rings is 2. The second-order valence-corrected chi connectivity index (χ2v) is 7.05. The standard InChI is InChI=1S/C22H19N5O2/c28-22(16-5-6-24-21(11-16)27-7-1-2-8-27)26-20-10-18-9-15(19-13-23-14-29-19)3-4-17(18)12-25-20/h3-6,9-14H,1-2,7-8H2,(H,25,26,28). The van der Waals surface area contributed by atoms with Gasteiger partial charge in [0.1, 0.15) is 11.6 Å². The van der Waals surface area contributed by atoms with Crippen molar-refractivity contribution in [1.82, 2.24) is 15.0 Å². The van der Waals surface area contributed by atoms with Gasteiger partial charge in [0.2, 0.25) is 0 Å². The minimum Gasteiger partial charge on any atom is -0.444 e. The van der Waals surface area contributed by atoms with E-state index in [0.717, 1.165) is 48.1 Å². The number of aromatic nitrogens is 3. The largest absolute Gasteiger partial charge is 0.444 e. The lowest BCUT2D eigenvalue weighted by Gasteiger charge is -2.16. The summed E-state index contributed by atoms with van der Waals surface area (Å²) in [5.74, 6) is 1.83. The van der Waals surface area contributed by atoms with Crippen molar-refractivity contribution in [3.8, 4) is 11.3 Å². The molecule has 144 valence electrons. The lowest BCUT2D eigenvalue weighted by Crippen LogP contribution is -2.20. The lowest BCUT2D eigenvalue weighted by molar-refractivity contribution is 0.102. The van der Waals surface area contributed by atoms with E-state index < -0.39 is 0 Å². The van der Waals surface area contributed by atoms with Gasteiger partial charge in [-0.3, -0.25) is 4.79 Å². The molecule has 0 atom stereocenters. The first kappa shape index (κ1) is 17.4. The van der Waals surface area contributed by atoms with Crippen LogP contribution in [-0.4, -0.2) is 33.9 Å². The summed E-state index contributed by atoms with van der Waals surface area (Å²) in [6.45, 7) is 1.97. The molecular formula is C22H19N5O2. The Kier molecular flexibility index (Phi) is 4.40. The molecule has 1 amide bonds. The molecule has 1 N–H and O–H groups in total. The molecule has 5 rings (SSSR count). The molecule has 7 heteroatoms. The molecule has 0 spiro atoms. The normalized spacial score (nSPS) is 13.7. The Morgan fingerprint density at radius 2 is 1.90 bits per heavy atom. The Morgan fingerprint density at radius 3 is 2.72 bits per heavy atom. The van der Waals surface area contributed by atoms with Crippen molar-refractivity contribution in [2.24, 2.45) is 0 Å². The number of carbonyl (C=O) groups is 1. The first-order valence-electron chi connectivity index (χ1n) is 9.57. The van der Waals surface area contributed by atoms with Gasteiger partial charge >= 0.3 is 0 Å². The van der Waals surface area contributed by atoms with Crippen molar-refractivity contribution in [2.75, 3.05) is 23.3 Å². The molecule has 0 saturated carbocycles. The number of amides is 1. The summed E-state index contributed by atoms with van der Waals surface area (Å²) in [4.78, 5) is 27.7. The zero-order valence-corrected chi connectivity index (χ0v) is 15.7. The summed E-state index contributed by atoms with van der Waals surface area (Å²) in [6, 6.07) is 11.3. The van der Waals surface area contributed by atoms with E-state index in [1.54, 1.807) is 24.7 Å². The number of benzene rings is 1. The number of anilines is 2. The SMILES string of the molecule is O=C(Nc1cc2cc(-c3cnco3)ccc2cn1)c1ccnc(N2CCCC2)c1. The fraction of sp³-hybridized carbons (Fsp3) is 0.182. The number of nitrogens with one attached hydrogen (secondary N) is 1. The van der Waals surface area contributed by atoms with Crippen molar-refractivity contribution in [2.45, 2.75) is 12.8 Å². The molecule has 1 aliphatic heterocycles. The maximum Gasteiger partial charge on any atom is 0.257 e. The van der Waals surface area contributed by atoms with Gasteiger partial charge in [0.05, 0.1) is 6.20 Å². The van der Waals surface area contributed by atoms with Crippen LogP contribution in [0.2, 0.25) is 0 Å². The maximum atomic E-state index is 12.8. The monoisotopic (exact) mass is 385 g/mol. The Morgan fingerprint density at radius 1 is 1.00 bits per heavy atom. The first-order chi connectivity index (χ1) is 14.3. The molecule has 29 heavy (non-hydrogen) atoms. The zero-order valence-electron chi connectivity index (χ0n) is 15.7. The molecule has 1 fully saturated rings. The van der Waals surface area contributed by atoms with Crippen LogP contribution in [0.1, 0.15) is 23.2 Å².